The van der Waals surface area contributed by atoms with Crippen LogP contribution < -0.4 is 0 Å². The van der Waals surface area contributed by atoms with Gasteiger partial charge in [0.05, 0.1) is 0 Å². The van der Waals surface area contributed by atoms with Crippen molar-refractivity contribution in [2.45, 2.75) is 10.1 Å². The molecule has 0 bridgehead atoms. The van der Waals surface area contributed by atoms with Gasteiger partial charge in [-0.15, -0.1) is 11.8 Å². The second-order valence-electron chi connectivity index (χ2n) is 4.93. The summed E-state index contributed by atoms with van der Waals surface area (Å²) in [5.41, 5.74) is 2.58. The van der Waals surface area contributed by atoms with Crippen LogP contribution in [0.5, 0.6) is 0 Å². The van der Waals surface area contributed by atoms with Crippen LogP contribution in [0.15, 0.2) is 69.1 Å². The second-order valence-corrected chi connectivity index (χ2v) is 6.74. The number of aromatic nitrogens is 1. The number of hydrogen-bond donors (Lipinski definition) is 1. The van der Waals surface area contributed by atoms with Crippen LogP contribution in [0.4, 0.5) is 0 Å². The Hall–Kier alpha value is -2.18. The van der Waals surface area contributed by atoms with Gasteiger partial charge < -0.3 is 9.52 Å². The molecule has 1 heterocycles. The largest absolute Gasteiger partial charge is 0.481 e. The van der Waals surface area contributed by atoms with E-state index in [2.05, 4.69) is 4.98 Å². The van der Waals surface area contributed by atoms with E-state index in [1.165, 1.54) is 4.90 Å². The fourth-order valence-corrected chi connectivity index (χ4v) is 3.17. The Kier molecular flexibility index (Phi) is 5.27. The van der Waals surface area contributed by atoms with Crippen LogP contribution in [-0.2, 0) is 4.79 Å². The first kappa shape index (κ1) is 16.7. The highest BCUT2D eigenvalue weighted by Crippen LogP contribution is 2.36. The molecule has 0 aliphatic heterocycles. The molecule has 1 aromatic heterocycles. The van der Waals surface area contributed by atoms with Gasteiger partial charge in [-0.1, -0.05) is 54.2 Å². The van der Waals surface area contributed by atoms with Gasteiger partial charge in [0, 0.05) is 16.0 Å². The monoisotopic (exact) mass is 357 g/mol. The molecule has 0 saturated heterocycles. The third-order valence-corrected chi connectivity index (χ3v) is 4.88. The number of nitrogens with zero attached hydrogens (tertiary/aromatic N) is 1. The molecule has 0 fully saturated rings. The van der Waals surface area contributed by atoms with Crippen molar-refractivity contribution < 1.29 is 14.3 Å². The number of rotatable bonds is 6. The molecule has 4 nitrogen and oxygen atoms in total. The van der Waals surface area contributed by atoms with Crippen LogP contribution in [0.25, 0.3) is 22.6 Å². The van der Waals surface area contributed by atoms with Crippen molar-refractivity contribution in [3.8, 4) is 22.6 Å². The van der Waals surface area contributed by atoms with E-state index >= 15 is 0 Å². The first-order valence-electron chi connectivity index (χ1n) is 7.22. The van der Waals surface area contributed by atoms with E-state index < -0.39 is 5.97 Å². The average molecular weight is 357 g/mol. The Morgan fingerprint density at radius 2 is 1.79 bits per heavy atom. The normalized spacial score (nSPS) is 10.7. The predicted octanol–water partition coefficient (Wildman–Crippen LogP) is 4.91. The van der Waals surface area contributed by atoms with E-state index in [1.807, 2.05) is 60.9 Å². The van der Waals surface area contributed by atoms with Crippen LogP contribution in [0.1, 0.15) is 0 Å². The quantitative estimate of drug-likeness (QED) is 0.633. The molecule has 1 N–H and O–H groups in total. The second kappa shape index (κ2) is 7.59. The zero-order valence-corrected chi connectivity index (χ0v) is 14.6. The van der Waals surface area contributed by atoms with Crippen molar-refractivity contribution in [1.29, 1.82) is 0 Å². The van der Waals surface area contributed by atoms with Crippen molar-refractivity contribution in [2.24, 2.45) is 0 Å². The Bertz CT molecular complexity index is 829. The van der Waals surface area contributed by atoms with E-state index in [4.69, 9.17) is 9.52 Å². The van der Waals surface area contributed by atoms with Gasteiger partial charge in [-0.05, 0) is 18.4 Å². The summed E-state index contributed by atoms with van der Waals surface area (Å²) in [5, 5.41) is 9.21. The smallest absolute Gasteiger partial charge is 0.314 e. The number of aliphatic carboxylic acids is 1. The summed E-state index contributed by atoms with van der Waals surface area (Å²) in [7, 11) is 0. The lowest BCUT2D eigenvalue weighted by Gasteiger charge is -2.02. The number of thioether (sulfide) groups is 2. The zero-order valence-electron chi connectivity index (χ0n) is 12.9. The molecule has 3 rings (SSSR count). The molecule has 0 amide bonds. The number of carboxylic acid groups (broad SMARTS) is 1. The summed E-state index contributed by atoms with van der Waals surface area (Å²) in [6.07, 6.45) is 2.03. The van der Waals surface area contributed by atoms with Gasteiger partial charge in [-0.2, -0.15) is 0 Å². The highest BCUT2D eigenvalue weighted by Gasteiger charge is 2.17. The van der Waals surface area contributed by atoms with E-state index in [-0.39, 0.29) is 5.75 Å². The summed E-state index contributed by atoms with van der Waals surface area (Å²) in [6, 6.07) is 17.8. The van der Waals surface area contributed by atoms with Gasteiger partial charge in [0.2, 0.25) is 0 Å². The molecule has 122 valence electrons. The van der Waals surface area contributed by atoms with Crippen LogP contribution in [-0.4, -0.2) is 28.1 Å². The van der Waals surface area contributed by atoms with Crippen LogP contribution in [0, 0.1) is 0 Å². The lowest BCUT2D eigenvalue weighted by molar-refractivity contribution is -0.133. The Balaban J connectivity index is 2.03. The molecule has 0 unspecified atom stereocenters. The molecule has 0 aliphatic rings. The fraction of sp³-hybridized carbons (Fsp3) is 0.111. The topological polar surface area (TPSA) is 63.3 Å². The maximum absolute atomic E-state index is 10.8. The van der Waals surface area contributed by atoms with Gasteiger partial charge in [0.1, 0.15) is 11.4 Å². The third kappa shape index (κ3) is 3.83. The molecular formula is C18H15NO3S2. The summed E-state index contributed by atoms with van der Waals surface area (Å²) in [5.74, 6) is -0.328. The number of benzene rings is 2. The van der Waals surface area contributed by atoms with E-state index in [0.717, 1.165) is 28.6 Å². The van der Waals surface area contributed by atoms with Gasteiger partial charge in [-0.3, -0.25) is 4.79 Å². The van der Waals surface area contributed by atoms with Crippen LogP contribution in [0.2, 0.25) is 0 Å². The Morgan fingerprint density at radius 3 is 2.42 bits per heavy atom. The minimum atomic E-state index is -0.898. The predicted molar refractivity (Wildman–Crippen MR) is 97.5 cm³/mol. The first-order valence-corrected chi connectivity index (χ1v) is 9.43. The molecule has 3 aromatic rings. The lowest BCUT2D eigenvalue weighted by atomic mass is 10.1. The molecule has 0 saturated carbocycles. The van der Waals surface area contributed by atoms with E-state index in [1.54, 1.807) is 11.8 Å². The molecule has 0 atom stereocenters. The number of carbonyl (C=O) groups is 1. The molecule has 24 heavy (non-hydrogen) atoms. The summed E-state index contributed by atoms with van der Waals surface area (Å²) < 4.78 is 5.85. The fourth-order valence-electron chi connectivity index (χ4n) is 2.22. The lowest BCUT2D eigenvalue weighted by Crippen LogP contribution is -1.97. The molecule has 6 heteroatoms. The standard InChI is InChI=1S/C18H15NO3S2/c1-23-14-9-7-12(8-10-14)16-17(13-5-3-2-4-6-13)22-18(19-16)24-11-15(20)21/h2-10H,11H2,1H3,(H,20,21). The van der Waals surface area contributed by atoms with Crippen LogP contribution in [0.3, 0.4) is 0 Å². The summed E-state index contributed by atoms with van der Waals surface area (Å²) in [4.78, 5) is 16.5. The van der Waals surface area contributed by atoms with E-state index in [0.29, 0.717) is 11.0 Å². The first-order chi connectivity index (χ1) is 11.7. The van der Waals surface area contributed by atoms with Crippen molar-refractivity contribution in [2.75, 3.05) is 12.0 Å². The highest BCUT2D eigenvalue weighted by atomic mass is 32.2. The number of oxazole rings is 1. The third-order valence-electron chi connectivity index (χ3n) is 3.33. The van der Waals surface area contributed by atoms with Gasteiger partial charge in [0.15, 0.2) is 5.76 Å². The molecular weight excluding hydrogens is 342 g/mol. The van der Waals surface area contributed by atoms with Crippen molar-refractivity contribution in [3.05, 3.63) is 54.6 Å². The Morgan fingerprint density at radius 1 is 1.08 bits per heavy atom. The van der Waals surface area contributed by atoms with Crippen molar-refractivity contribution in [3.63, 3.8) is 0 Å². The number of hydrogen-bond acceptors (Lipinski definition) is 5. The minimum absolute atomic E-state index is 0.0837. The summed E-state index contributed by atoms with van der Waals surface area (Å²) >= 11 is 2.76. The SMILES string of the molecule is CSc1ccc(-c2nc(SCC(=O)O)oc2-c2ccccc2)cc1. The van der Waals surface area contributed by atoms with Crippen molar-refractivity contribution >= 4 is 29.5 Å². The van der Waals surface area contributed by atoms with Gasteiger partial charge in [0.25, 0.3) is 5.22 Å². The Labute approximate surface area is 148 Å². The average Bonchev–Trinajstić information content (AvgIpc) is 3.05. The summed E-state index contributed by atoms with van der Waals surface area (Å²) in [6.45, 7) is 0. The molecule has 2 aromatic carbocycles. The number of carboxylic acids is 1. The maximum atomic E-state index is 10.8. The zero-order chi connectivity index (χ0) is 16.9. The van der Waals surface area contributed by atoms with Gasteiger partial charge in [-0.25, -0.2) is 4.98 Å². The molecule has 0 spiro atoms. The maximum Gasteiger partial charge on any atom is 0.314 e. The van der Waals surface area contributed by atoms with E-state index in [9.17, 15) is 4.79 Å². The van der Waals surface area contributed by atoms with Gasteiger partial charge >= 0.3 is 5.97 Å². The van der Waals surface area contributed by atoms with Crippen LogP contribution >= 0.6 is 23.5 Å². The minimum Gasteiger partial charge on any atom is -0.481 e. The molecule has 0 radical (unpaired) electrons. The highest BCUT2D eigenvalue weighted by molar-refractivity contribution is 7.99. The van der Waals surface area contributed by atoms with Crippen molar-refractivity contribution in [1.82, 2.24) is 4.98 Å². The molecule has 0 aliphatic carbocycles.